The minimum atomic E-state index is -0.00217. The Kier molecular flexibility index (Phi) is 5.41. The fourth-order valence-electron chi connectivity index (χ4n) is 3.76. The Bertz CT molecular complexity index is 1400. The molecule has 0 aliphatic heterocycles. The van der Waals surface area contributed by atoms with Crippen LogP contribution in [0.2, 0.25) is 0 Å². The van der Waals surface area contributed by atoms with Crippen LogP contribution in [0, 0.1) is 41.5 Å². The number of hydrogen-bond acceptors (Lipinski definition) is 2. The molecule has 0 N–H and O–H groups in total. The molecule has 0 amide bonds. The van der Waals surface area contributed by atoms with Crippen molar-refractivity contribution in [2.75, 3.05) is 0 Å². The summed E-state index contributed by atoms with van der Waals surface area (Å²) in [6.07, 6.45) is 3.89. The van der Waals surface area contributed by atoms with Crippen LogP contribution in [-0.2, 0) is 0 Å². The van der Waals surface area contributed by atoms with Crippen molar-refractivity contribution in [1.29, 1.82) is 0 Å². The Hall–Kier alpha value is -3.39. The van der Waals surface area contributed by atoms with E-state index in [4.69, 9.17) is 4.42 Å². The zero-order valence-electron chi connectivity index (χ0n) is 19.1. The van der Waals surface area contributed by atoms with Crippen LogP contribution >= 0.6 is 0 Å². The molecule has 2 nitrogen and oxygen atoms in total. The van der Waals surface area contributed by atoms with Gasteiger partial charge in [0.2, 0.25) is 5.43 Å². The third kappa shape index (κ3) is 3.98. The minimum absolute atomic E-state index is 0.00217. The van der Waals surface area contributed by atoms with Gasteiger partial charge in [0.25, 0.3) is 0 Å². The average molecular weight is 409 g/mol. The van der Waals surface area contributed by atoms with Gasteiger partial charge in [0, 0.05) is 5.56 Å². The largest absolute Gasteiger partial charge is 0.455 e. The first kappa shape index (κ1) is 20.9. The van der Waals surface area contributed by atoms with Gasteiger partial charge in [0.05, 0.1) is 10.9 Å². The summed E-state index contributed by atoms with van der Waals surface area (Å²) in [5, 5.41) is 0.621. The Balaban J connectivity index is 1.98. The summed E-state index contributed by atoms with van der Waals surface area (Å²) >= 11 is 0. The molecule has 0 unspecified atom stereocenters. The van der Waals surface area contributed by atoms with Crippen LogP contribution < -0.4 is 5.43 Å². The number of hydrogen-bond donors (Lipinski definition) is 0. The van der Waals surface area contributed by atoms with Crippen molar-refractivity contribution in [3.05, 3.63) is 103 Å². The number of rotatable bonds is 3. The van der Waals surface area contributed by atoms with E-state index in [2.05, 4.69) is 58.0 Å². The summed E-state index contributed by atoms with van der Waals surface area (Å²) in [4.78, 5) is 13.6. The Morgan fingerprint density at radius 1 is 0.645 bits per heavy atom. The van der Waals surface area contributed by atoms with Gasteiger partial charge in [-0.3, -0.25) is 4.79 Å². The van der Waals surface area contributed by atoms with Crippen molar-refractivity contribution in [2.45, 2.75) is 41.5 Å². The van der Waals surface area contributed by atoms with E-state index < -0.39 is 0 Å². The lowest BCUT2D eigenvalue weighted by molar-refractivity contribution is 0.617. The summed E-state index contributed by atoms with van der Waals surface area (Å²) in [6, 6.07) is 16.4. The second kappa shape index (κ2) is 8.03. The van der Waals surface area contributed by atoms with Crippen LogP contribution in [0.3, 0.4) is 0 Å². The van der Waals surface area contributed by atoms with Gasteiger partial charge in [0.1, 0.15) is 11.3 Å². The first-order valence-corrected chi connectivity index (χ1v) is 10.7. The van der Waals surface area contributed by atoms with Crippen molar-refractivity contribution in [1.82, 2.24) is 0 Å². The lowest BCUT2D eigenvalue weighted by atomic mass is 9.98. The van der Waals surface area contributed by atoms with E-state index in [0.29, 0.717) is 22.3 Å². The van der Waals surface area contributed by atoms with Crippen LogP contribution in [0.15, 0.2) is 57.7 Å². The molecule has 4 aromatic rings. The molecule has 1 heterocycles. The Labute approximate surface area is 183 Å². The highest BCUT2D eigenvalue weighted by Crippen LogP contribution is 2.30. The lowest BCUT2D eigenvalue weighted by Gasteiger charge is -2.11. The normalized spacial score (nSPS) is 11.5. The fourth-order valence-corrected chi connectivity index (χ4v) is 3.76. The van der Waals surface area contributed by atoms with Crippen LogP contribution in [-0.4, -0.2) is 0 Å². The third-order valence-corrected chi connectivity index (χ3v) is 6.28. The molecule has 2 heteroatoms. The molecule has 0 aliphatic rings. The molecule has 4 rings (SSSR count). The van der Waals surface area contributed by atoms with Gasteiger partial charge in [-0.15, -0.1) is 0 Å². The van der Waals surface area contributed by atoms with Gasteiger partial charge >= 0.3 is 0 Å². The van der Waals surface area contributed by atoms with Gasteiger partial charge < -0.3 is 4.42 Å². The highest BCUT2D eigenvalue weighted by Gasteiger charge is 2.16. The van der Waals surface area contributed by atoms with Gasteiger partial charge in [-0.25, -0.2) is 0 Å². The fraction of sp³-hybridized carbons (Fsp3) is 0.207. The van der Waals surface area contributed by atoms with Crippen LogP contribution in [0.5, 0.6) is 0 Å². The predicted octanol–water partition coefficient (Wildman–Crippen LogP) is 7.48. The van der Waals surface area contributed by atoms with Crippen molar-refractivity contribution in [3.63, 3.8) is 0 Å². The number of benzene rings is 3. The zero-order valence-corrected chi connectivity index (χ0v) is 19.1. The second-order valence-electron chi connectivity index (χ2n) is 8.58. The summed E-state index contributed by atoms with van der Waals surface area (Å²) in [6.45, 7) is 12.4. The maximum Gasteiger partial charge on any atom is 0.200 e. The minimum Gasteiger partial charge on any atom is -0.455 e. The SMILES string of the molecule is Cc1ccc(/C=C/c2c(-c3ccc(C)c(C)c3)oc3cc(C)c(C)cc3c2=O)cc1C. The molecule has 0 aliphatic carbocycles. The van der Waals surface area contributed by atoms with E-state index in [1.54, 1.807) is 0 Å². The molecule has 0 saturated heterocycles. The molecule has 31 heavy (non-hydrogen) atoms. The van der Waals surface area contributed by atoms with Gasteiger partial charge in [-0.1, -0.05) is 36.4 Å². The summed E-state index contributed by atoms with van der Waals surface area (Å²) in [5.74, 6) is 0.615. The molecular weight excluding hydrogens is 380 g/mol. The zero-order chi connectivity index (χ0) is 22.3. The molecule has 0 atom stereocenters. The molecule has 0 fully saturated rings. The van der Waals surface area contributed by atoms with Crippen LogP contribution in [0.4, 0.5) is 0 Å². The van der Waals surface area contributed by atoms with Crippen molar-refractivity contribution >= 4 is 23.1 Å². The standard InChI is InChI=1S/C29H28O2/c1-17-7-9-23(13-19(17)3)10-12-25-28(30)26-15-21(5)22(6)16-27(26)31-29(25)24-11-8-18(2)20(4)14-24/h7-16H,1-6H3/b12-10+. The topological polar surface area (TPSA) is 30.2 Å². The molecule has 156 valence electrons. The molecule has 0 spiro atoms. The molecule has 0 bridgehead atoms. The Morgan fingerprint density at radius 3 is 1.94 bits per heavy atom. The maximum atomic E-state index is 13.6. The van der Waals surface area contributed by atoms with E-state index in [0.717, 1.165) is 22.3 Å². The highest BCUT2D eigenvalue weighted by molar-refractivity contribution is 5.87. The molecule has 0 saturated carbocycles. The van der Waals surface area contributed by atoms with E-state index in [-0.39, 0.29) is 5.43 Å². The van der Waals surface area contributed by atoms with Crippen molar-refractivity contribution in [3.8, 4) is 11.3 Å². The van der Waals surface area contributed by atoms with E-state index in [1.807, 2.05) is 44.2 Å². The summed E-state index contributed by atoms with van der Waals surface area (Å²) < 4.78 is 6.37. The van der Waals surface area contributed by atoms with E-state index in [9.17, 15) is 4.79 Å². The average Bonchev–Trinajstić information content (AvgIpc) is 2.73. The second-order valence-corrected chi connectivity index (χ2v) is 8.58. The lowest BCUT2D eigenvalue weighted by Crippen LogP contribution is -2.08. The maximum absolute atomic E-state index is 13.6. The number of fused-ring (bicyclic) bond motifs is 1. The smallest absolute Gasteiger partial charge is 0.200 e. The van der Waals surface area contributed by atoms with Crippen molar-refractivity contribution in [2.24, 2.45) is 0 Å². The Morgan fingerprint density at radius 2 is 1.26 bits per heavy atom. The predicted molar refractivity (Wildman–Crippen MR) is 132 cm³/mol. The first-order chi connectivity index (χ1) is 14.7. The third-order valence-electron chi connectivity index (χ3n) is 6.28. The molecule has 3 aromatic carbocycles. The summed E-state index contributed by atoms with van der Waals surface area (Å²) in [5.41, 5.74) is 10.3. The van der Waals surface area contributed by atoms with Crippen molar-refractivity contribution < 1.29 is 4.42 Å². The van der Waals surface area contributed by atoms with Crippen LogP contribution in [0.25, 0.3) is 34.4 Å². The van der Waals surface area contributed by atoms with Gasteiger partial charge in [-0.05, 0) is 105 Å². The quantitative estimate of drug-likeness (QED) is 0.352. The van der Waals surface area contributed by atoms with Gasteiger partial charge in [0.15, 0.2) is 0 Å². The summed E-state index contributed by atoms with van der Waals surface area (Å²) in [7, 11) is 0. The molecule has 1 aromatic heterocycles. The number of aryl methyl sites for hydroxylation is 6. The molecular formula is C29H28O2. The monoisotopic (exact) mass is 408 g/mol. The molecule has 0 radical (unpaired) electrons. The van der Waals surface area contributed by atoms with E-state index in [1.165, 1.54) is 22.3 Å². The highest BCUT2D eigenvalue weighted by atomic mass is 16.3. The first-order valence-electron chi connectivity index (χ1n) is 10.7. The van der Waals surface area contributed by atoms with Gasteiger partial charge in [-0.2, -0.15) is 0 Å². The van der Waals surface area contributed by atoms with E-state index >= 15 is 0 Å². The van der Waals surface area contributed by atoms with Crippen LogP contribution in [0.1, 0.15) is 44.5 Å².